The van der Waals surface area contributed by atoms with Crippen molar-refractivity contribution in [2.24, 2.45) is 0 Å². The third kappa shape index (κ3) is 3.77. The summed E-state index contributed by atoms with van der Waals surface area (Å²) >= 11 is 0. The molecule has 0 heterocycles. The Kier molecular flexibility index (Phi) is 5.51. The minimum absolute atomic E-state index is 0.0444. The Balaban J connectivity index is 2.16. The van der Waals surface area contributed by atoms with Crippen molar-refractivity contribution in [1.29, 1.82) is 0 Å². The lowest BCUT2D eigenvalue weighted by atomic mass is 10.1. The number of carbonyl (C=O) groups excluding carboxylic acids is 1. The van der Waals surface area contributed by atoms with E-state index in [1.807, 2.05) is 19.9 Å². The fourth-order valence-corrected chi connectivity index (χ4v) is 4.21. The normalized spacial score (nSPS) is 11.1. The number of ether oxygens (including phenoxy) is 1. The molecule has 0 aromatic heterocycles. The summed E-state index contributed by atoms with van der Waals surface area (Å²) < 4.78 is 32.6. The molecule has 0 aliphatic heterocycles. The van der Waals surface area contributed by atoms with Crippen LogP contribution in [0.1, 0.15) is 21.5 Å². The number of nitrogens with zero attached hydrogens (tertiary/aromatic N) is 1. The van der Waals surface area contributed by atoms with E-state index >= 15 is 0 Å². The van der Waals surface area contributed by atoms with Gasteiger partial charge in [-0.3, -0.25) is 4.79 Å². The first-order valence-electron chi connectivity index (χ1n) is 8.70. The number of benzene rings is 3. The number of hydrogen-bond acceptors (Lipinski definition) is 4. The minimum atomic E-state index is -4.10. The van der Waals surface area contributed by atoms with E-state index in [1.54, 1.807) is 54.6 Å². The van der Waals surface area contributed by atoms with Crippen molar-refractivity contribution in [2.45, 2.75) is 18.7 Å². The Morgan fingerprint density at radius 2 is 1.50 bits per heavy atom. The van der Waals surface area contributed by atoms with E-state index in [1.165, 1.54) is 19.2 Å². The smallest absolute Gasteiger partial charge is 0.272 e. The number of carbonyl (C=O) groups is 1. The van der Waals surface area contributed by atoms with E-state index in [-0.39, 0.29) is 10.6 Å². The highest BCUT2D eigenvalue weighted by Gasteiger charge is 2.32. The van der Waals surface area contributed by atoms with Crippen LogP contribution in [-0.2, 0) is 10.0 Å². The van der Waals surface area contributed by atoms with Crippen LogP contribution in [-0.4, -0.2) is 21.4 Å². The Labute approximate surface area is 165 Å². The third-order valence-electron chi connectivity index (χ3n) is 4.53. The molecule has 144 valence electrons. The van der Waals surface area contributed by atoms with Crippen molar-refractivity contribution in [3.8, 4) is 5.75 Å². The number of amides is 1. The fraction of sp³-hybridized carbons (Fsp3) is 0.136. The maximum Gasteiger partial charge on any atom is 0.272 e. The fourth-order valence-electron chi connectivity index (χ4n) is 2.77. The molecular weight excluding hydrogens is 374 g/mol. The van der Waals surface area contributed by atoms with Gasteiger partial charge in [0.05, 0.1) is 17.7 Å². The largest absolute Gasteiger partial charge is 0.497 e. The van der Waals surface area contributed by atoms with E-state index in [0.717, 1.165) is 15.4 Å². The molecule has 0 unspecified atom stereocenters. The molecule has 0 N–H and O–H groups in total. The van der Waals surface area contributed by atoms with Gasteiger partial charge in [-0.05, 0) is 73.5 Å². The molecule has 0 radical (unpaired) electrons. The number of rotatable bonds is 5. The van der Waals surface area contributed by atoms with Crippen LogP contribution in [0, 0.1) is 13.8 Å². The monoisotopic (exact) mass is 395 g/mol. The zero-order valence-corrected chi connectivity index (χ0v) is 16.7. The van der Waals surface area contributed by atoms with Gasteiger partial charge in [0, 0.05) is 5.56 Å². The maximum absolute atomic E-state index is 13.3. The van der Waals surface area contributed by atoms with Crippen LogP contribution in [0.5, 0.6) is 5.75 Å². The van der Waals surface area contributed by atoms with Crippen LogP contribution >= 0.6 is 0 Å². The van der Waals surface area contributed by atoms with Crippen LogP contribution in [0.4, 0.5) is 5.69 Å². The standard InChI is InChI=1S/C22H21NO4S/c1-16-9-10-18(15-17(16)2)22(24)23(19-11-13-20(27-3)14-12-19)28(25,26)21-7-5-4-6-8-21/h4-15H,1-3H3. The van der Waals surface area contributed by atoms with Crippen LogP contribution in [0.15, 0.2) is 77.7 Å². The van der Waals surface area contributed by atoms with Crippen molar-refractivity contribution in [3.63, 3.8) is 0 Å². The van der Waals surface area contributed by atoms with Gasteiger partial charge in [0.15, 0.2) is 0 Å². The highest BCUT2D eigenvalue weighted by atomic mass is 32.2. The molecule has 0 aliphatic carbocycles. The summed E-state index contributed by atoms with van der Waals surface area (Å²) in [6.45, 7) is 3.82. The summed E-state index contributed by atoms with van der Waals surface area (Å²) in [6.07, 6.45) is 0. The first-order chi connectivity index (χ1) is 13.3. The molecule has 0 atom stereocenters. The van der Waals surface area contributed by atoms with Crippen LogP contribution in [0.2, 0.25) is 0 Å². The zero-order valence-electron chi connectivity index (χ0n) is 15.9. The first kappa shape index (κ1) is 19.6. The van der Waals surface area contributed by atoms with Gasteiger partial charge < -0.3 is 4.74 Å². The molecule has 0 fully saturated rings. The lowest BCUT2D eigenvalue weighted by Crippen LogP contribution is -2.37. The van der Waals surface area contributed by atoms with Crippen LogP contribution < -0.4 is 9.04 Å². The molecule has 28 heavy (non-hydrogen) atoms. The van der Waals surface area contributed by atoms with Crippen molar-refractivity contribution in [2.75, 3.05) is 11.4 Å². The van der Waals surface area contributed by atoms with Gasteiger partial charge in [0.1, 0.15) is 5.75 Å². The molecule has 0 bridgehead atoms. The Morgan fingerprint density at radius 3 is 2.07 bits per heavy atom. The summed E-state index contributed by atoms with van der Waals surface area (Å²) in [5.41, 5.74) is 2.49. The van der Waals surface area contributed by atoms with E-state index in [0.29, 0.717) is 11.3 Å². The molecule has 6 heteroatoms. The number of sulfonamides is 1. The van der Waals surface area contributed by atoms with Crippen LogP contribution in [0.25, 0.3) is 0 Å². The molecular formula is C22H21NO4S. The third-order valence-corrected chi connectivity index (χ3v) is 6.25. The summed E-state index contributed by atoms with van der Waals surface area (Å²) in [7, 11) is -2.58. The Bertz CT molecular complexity index is 1090. The lowest BCUT2D eigenvalue weighted by molar-refractivity contribution is 0.100. The average Bonchev–Trinajstić information content (AvgIpc) is 2.71. The topological polar surface area (TPSA) is 63.7 Å². The van der Waals surface area contributed by atoms with Crippen molar-refractivity contribution in [1.82, 2.24) is 0 Å². The van der Waals surface area contributed by atoms with Gasteiger partial charge in [0.25, 0.3) is 15.9 Å². The Hall–Kier alpha value is -3.12. The predicted molar refractivity (Wildman–Crippen MR) is 109 cm³/mol. The number of methoxy groups -OCH3 is 1. The van der Waals surface area contributed by atoms with E-state index in [2.05, 4.69) is 0 Å². The predicted octanol–water partition coefficient (Wildman–Crippen LogP) is 4.35. The summed E-state index contributed by atoms with van der Waals surface area (Å²) in [5.74, 6) is -0.0449. The average molecular weight is 395 g/mol. The zero-order chi connectivity index (χ0) is 20.3. The van der Waals surface area contributed by atoms with Gasteiger partial charge in [-0.1, -0.05) is 24.3 Å². The first-order valence-corrected chi connectivity index (χ1v) is 10.1. The number of hydrogen-bond donors (Lipinski definition) is 0. The van der Waals surface area contributed by atoms with Gasteiger partial charge in [-0.15, -0.1) is 0 Å². The SMILES string of the molecule is COc1ccc(N(C(=O)c2ccc(C)c(C)c2)S(=O)(=O)c2ccccc2)cc1. The van der Waals surface area contributed by atoms with Crippen molar-refractivity contribution < 1.29 is 17.9 Å². The molecule has 1 amide bonds. The lowest BCUT2D eigenvalue weighted by Gasteiger charge is -2.23. The van der Waals surface area contributed by atoms with Crippen molar-refractivity contribution >= 4 is 21.6 Å². The Morgan fingerprint density at radius 1 is 0.857 bits per heavy atom. The second-order valence-electron chi connectivity index (χ2n) is 6.38. The van der Waals surface area contributed by atoms with Crippen LogP contribution in [0.3, 0.4) is 0 Å². The summed E-state index contributed by atoms with van der Waals surface area (Å²) in [5, 5.41) is 0. The quantitative estimate of drug-likeness (QED) is 0.644. The minimum Gasteiger partial charge on any atom is -0.497 e. The van der Waals surface area contributed by atoms with E-state index in [9.17, 15) is 13.2 Å². The van der Waals surface area contributed by atoms with Gasteiger partial charge in [0.2, 0.25) is 0 Å². The van der Waals surface area contributed by atoms with Gasteiger partial charge in [-0.2, -0.15) is 4.31 Å². The number of anilines is 1. The molecule has 5 nitrogen and oxygen atoms in total. The van der Waals surface area contributed by atoms with Gasteiger partial charge in [-0.25, -0.2) is 8.42 Å². The summed E-state index contributed by atoms with van der Waals surface area (Å²) in [4.78, 5) is 13.3. The maximum atomic E-state index is 13.3. The molecule has 0 aliphatic rings. The van der Waals surface area contributed by atoms with Gasteiger partial charge >= 0.3 is 0 Å². The molecule has 3 aromatic carbocycles. The molecule has 0 saturated carbocycles. The molecule has 0 spiro atoms. The number of aryl methyl sites for hydroxylation is 2. The summed E-state index contributed by atoms with van der Waals surface area (Å²) in [6, 6.07) is 19.4. The molecule has 3 rings (SSSR count). The highest BCUT2D eigenvalue weighted by Crippen LogP contribution is 2.28. The highest BCUT2D eigenvalue weighted by molar-refractivity contribution is 7.93. The second-order valence-corrected chi connectivity index (χ2v) is 8.17. The molecule has 0 saturated heterocycles. The van der Waals surface area contributed by atoms with E-state index in [4.69, 9.17) is 4.74 Å². The van der Waals surface area contributed by atoms with Crippen molar-refractivity contribution in [3.05, 3.63) is 89.5 Å². The molecule has 3 aromatic rings. The second kappa shape index (κ2) is 7.86. The van der Waals surface area contributed by atoms with E-state index < -0.39 is 15.9 Å².